The Bertz CT molecular complexity index is 1130. The van der Waals surface area contributed by atoms with E-state index in [2.05, 4.69) is 17.3 Å². The van der Waals surface area contributed by atoms with E-state index in [1.165, 1.54) is 21.1 Å². The number of anilines is 1. The first kappa shape index (κ1) is 21.0. The topological polar surface area (TPSA) is 101 Å². The fourth-order valence-corrected chi connectivity index (χ4v) is 5.88. The lowest BCUT2D eigenvalue weighted by atomic mass is 10.0. The Labute approximate surface area is 180 Å². The number of aromatic nitrogens is 2. The zero-order valence-corrected chi connectivity index (χ0v) is 18.4. The molecular weight excluding hydrogens is 428 g/mol. The number of nitrogens with zero attached hydrogens (tertiary/aromatic N) is 3. The molecular formula is C20H23ClN4O4S. The molecule has 0 atom stereocenters. The van der Waals surface area contributed by atoms with Crippen molar-refractivity contribution in [3.05, 3.63) is 28.9 Å². The zero-order valence-electron chi connectivity index (χ0n) is 16.8. The predicted octanol–water partition coefficient (Wildman–Crippen LogP) is 3.31. The van der Waals surface area contributed by atoms with Crippen molar-refractivity contribution in [2.45, 2.75) is 44.4 Å². The number of carbonyl (C=O) groups excluding carboxylic acids is 2. The van der Waals surface area contributed by atoms with Gasteiger partial charge < -0.3 is 5.32 Å². The molecule has 2 aliphatic heterocycles. The fraction of sp³-hybridized carbons (Fsp3) is 0.450. The zero-order chi connectivity index (χ0) is 21.6. The van der Waals surface area contributed by atoms with Gasteiger partial charge in [0.05, 0.1) is 10.7 Å². The van der Waals surface area contributed by atoms with E-state index in [4.69, 9.17) is 11.6 Å². The van der Waals surface area contributed by atoms with Crippen molar-refractivity contribution in [1.82, 2.24) is 14.1 Å². The molecule has 1 aromatic heterocycles. The molecule has 1 saturated heterocycles. The smallest absolute Gasteiger partial charge is 0.249 e. The number of carbonyl (C=O) groups is 2. The van der Waals surface area contributed by atoms with E-state index in [1.54, 1.807) is 13.0 Å². The van der Waals surface area contributed by atoms with Crippen LogP contribution in [-0.4, -0.2) is 47.4 Å². The van der Waals surface area contributed by atoms with Crippen LogP contribution in [0.25, 0.3) is 11.1 Å². The normalized spacial score (nSPS) is 18.8. The van der Waals surface area contributed by atoms with Gasteiger partial charge in [-0.05, 0) is 43.4 Å². The first-order valence-electron chi connectivity index (χ1n) is 9.91. The van der Waals surface area contributed by atoms with E-state index < -0.39 is 10.0 Å². The number of rotatable bonds is 3. The minimum absolute atomic E-state index is 0.0156. The lowest BCUT2D eigenvalue weighted by molar-refractivity contribution is -0.116. The van der Waals surface area contributed by atoms with Crippen molar-refractivity contribution in [3.63, 3.8) is 0 Å². The summed E-state index contributed by atoms with van der Waals surface area (Å²) in [6.45, 7) is 4.74. The van der Waals surface area contributed by atoms with Crippen molar-refractivity contribution in [3.8, 4) is 11.1 Å². The van der Waals surface area contributed by atoms with Crippen LogP contribution in [0.4, 0.5) is 5.82 Å². The van der Waals surface area contributed by atoms with Gasteiger partial charge in [-0.25, -0.2) is 8.42 Å². The van der Waals surface area contributed by atoms with Crippen LogP contribution in [0.2, 0.25) is 5.02 Å². The summed E-state index contributed by atoms with van der Waals surface area (Å²) in [6, 6.07) is 4.70. The van der Waals surface area contributed by atoms with Gasteiger partial charge in [-0.3, -0.25) is 9.59 Å². The highest BCUT2D eigenvalue weighted by molar-refractivity contribution is 7.89. The van der Waals surface area contributed by atoms with Gasteiger partial charge in [0.25, 0.3) is 0 Å². The largest absolute Gasteiger partial charge is 0.310 e. The second-order valence-corrected chi connectivity index (χ2v) is 10.2. The van der Waals surface area contributed by atoms with E-state index in [1.807, 2.05) is 0 Å². The van der Waals surface area contributed by atoms with Crippen LogP contribution in [0, 0.1) is 12.8 Å². The van der Waals surface area contributed by atoms with Crippen LogP contribution in [-0.2, 0) is 14.8 Å². The van der Waals surface area contributed by atoms with E-state index in [9.17, 15) is 18.0 Å². The third-order valence-electron chi connectivity index (χ3n) is 5.70. The number of sulfonamides is 1. The summed E-state index contributed by atoms with van der Waals surface area (Å²) in [5.74, 6) is 0.178. The highest BCUT2D eigenvalue weighted by atomic mass is 35.5. The number of fused-ring (bicyclic) bond motifs is 1. The lowest BCUT2D eigenvalue weighted by Crippen LogP contribution is -2.38. The Morgan fingerprint density at radius 1 is 1.17 bits per heavy atom. The highest BCUT2D eigenvalue weighted by Gasteiger charge is 2.31. The van der Waals surface area contributed by atoms with Gasteiger partial charge in [0, 0.05) is 31.5 Å². The first-order valence-corrected chi connectivity index (χ1v) is 11.7. The number of halogens is 1. The van der Waals surface area contributed by atoms with E-state index in [0.717, 1.165) is 12.8 Å². The fourth-order valence-electron chi connectivity index (χ4n) is 3.91. The minimum Gasteiger partial charge on any atom is -0.310 e. The molecule has 3 heterocycles. The Morgan fingerprint density at radius 2 is 1.87 bits per heavy atom. The van der Waals surface area contributed by atoms with Crippen LogP contribution in [0.1, 0.15) is 43.1 Å². The SMILES string of the molecule is Cc1nn2c(c1-c1ccc(Cl)c(S(=O)(=O)N3CCC(C)CC3)c1)NC(=O)CCC2=O. The van der Waals surface area contributed by atoms with Gasteiger partial charge in [-0.1, -0.05) is 24.6 Å². The molecule has 30 heavy (non-hydrogen) atoms. The van der Waals surface area contributed by atoms with E-state index >= 15 is 0 Å². The number of nitrogens with one attached hydrogen (secondary N) is 1. The molecule has 0 bridgehead atoms. The maximum Gasteiger partial charge on any atom is 0.249 e. The van der Waals surface area contributed by atoms with Gasteiger partial charge in [0.1, 0.15) is 10.7 Å². The lowest BCUT2D eigenvalue weighted by Gasteiger charge is -2.29. The standard InChI is InChI=1S/C20H23ClN4O4S/c1-12-7-9-24(10-8-12)30(28,29)16-11-14(3-4-15(16)21)19-13(2)23-25-18(27)6-5-17(26)22-20(19)25/h3-4,11-12H,5-10H2,1-2H3,(H,22,26). The molecule has 0 radical (unpaired) electrons. The Morgan fingerprint density at radius 3 is 2.57 bits per heavy atom. The van der Waals surface area contributed by atoms with Crippen LogP contribution in [0.15, 0.2) is 23.1 Å². The Kier molecular flexibility index (Phi) is 5.46. The van der Waals surface area contributed by atoms with Crippen molar-refractivity contribution in [2.24, 2.45) is 5.92 Å². The maximum absolute atomic E-state index is 13.3. The van der Waals surface area contributed by atoms with E-state index in [-0.39, 0.29) is 40.4 Å². The molecule has 1 aromatic carbocycles. The number of benzene rings is 1. The predicted molar refractivity (Wildman–Crippen MR) is 113 cm³/mol. The molecule has 4 rings (SSSR count). The highest BCUT2D eigenvalue weighted by Crippen LogP contribution is 2.37. The summed E-state index contributed by atoms with van der Waals surface area (Å²) >= 11 is 6.30. The molecule has 0 unspecified atom stereocenters. The van der Waals surface area contributed by atoms with Gasteiger partial charge in [-0.15, -0.1) is 0 Å². The molecule has 8 nitrogen and oxygen atoms in total. The molecule has 2 aliphatic rings. The van der Waals surface area contributed by atoms with Gasteiger partial charge >= 0.3 is 0 Å². The monoisotopic (exact) mass is 450 g/mol. The van der Waals surface area contributed by atoms with E-state index in [0.29, 0.717) is 35.8 Å². The molecule has 0 aliphatic carbocycles. The first-order chi connectivity index (χ1) is 14.2. The average molecular weight is 451 g/mol. The van der Waals surface area contributed by atoms with Crippen LogP contribution in [0.3, 0.4) is 0 Å². The second kappa shape index (κ2) is 7.79. The van der Waals surface area contributed by atoms with Crippen LogP contribution >= 0.6 is 11.6 Å². The Hall–Kier alpha value is -2.23. The number of amides is 1. The second-order valence-electron chi connectivity index (χ2n) is 7.89. The molecule has 1 amide bonds. The van der Waals surface area contributed by atoms with Crippen molar-refractivity contribution in [2.75, 3.05) is 18.4 Å². The number of hydrogen-bond donors (Lipinski definition) is 1. The number of aryl methyl sites for hydroxylation is 1. The van der Waals surface area contributed by atoms with Crippen LogP contribution < -0.4 is 5.32 Å². The molecule has 1 fully saturated rings. The molecule has 0 saturated carbocycles. The summed E-state index contributed by atoms with van der Waals surface area (Å²) in [4.78, 5) is 24.4. The third-order valence-corrected chi connectivity index (χ3v) is 8.08. The summed E-state index contributed by atoms with van der Waals surface area (Å²) in [6.07, 6.45) is 1.75. The van der Waals surface area contributed by atoms with Crippen LogP contribution in [0.5, 0.6) is 0 Å². The van der Waals surface area contributed by atoms with Gasteiger partial charge in [0.2, 0.25) is 21.8 Å². The average Bonchev–Trinajstić information content (AvgIpc) is 2.95. The summed E-state index contributed by atoms with van der Waals surface area (Å²) < 4.78 is 29.2. The summed E-state index contributed by atoms with van der Waals surface area (Å²) in [7, 11) is -3.77. The van der Waals surface area contributed by atoms with Gasteiger partial charge in [-0.2, -0.15) is 14.1 Å². The quantitative estimate of drug-likeness (QED) is 0.773. The summed E-state index contributed by atoms with van der Waals surface area (Å²) in [5.41, 5.74) is 1.55. The molecule has 0 spiro atoms. The summed E-state index contributed by atoms with van der Waals surface area (Å²) in [5, 5.41) is 7.14. The molecule has 2 aromatic rings. The minimum atomic E-state index is -3.77. The van der Waals surface area contributed by atoms with Crippen molar-refractivity contribution < 1.29 is 18.0 Å². The maximum atomic E-state index is 13.3. The van der Waals surface area contributed by atoms with Crippen molar-refractivity contribution in [1.29, 1.82) is 0 Å². The third kappa shape index (κ3) is 3.66. The number of hydrogen-bond acceptors (Lipinski definition) is 5. The van der Waals surface area contributed by atoms with Gasteiger partial charge in [0.15, 0.2) is 0 Å². The van der Waals surface area contributed by atoms with Crippen molar-refractivity contribution >= 4 is 39.3 Å². The molecule has 10 heteroatoms. The Balaban J connectivity index is 1.80. The molecule has 160 valence electrons. The number of piperidine rings is 1. The molecule has 1 N–H and O–H groups in total.